The van der Waals surface area contributed by atoms with Crippen molar-refractivity contribution in [1.29, 1.82) is 5.41 Å². The molecule has 0 bridgehead atoms. The zero-order valence-electron chi connectivity index (χ0n) is 16.3. The quantitative estimate of drug-likeness (QED) is 0.593. The topological polar surface area (TPSA) is 112 Å². The Hall–Kier alpha value is -3.32. The first-order chi connectivity index (χ1) is 14.0. The molecule has 3 aromatic heterocycles. The van der Waals surface area contributed by atoms with Crippen molar-refractivity contribution in [3.63, 3.8) is 0 Å². The molecule has 148 valence electrons. The van der Waals surface area contributed by atoms with Crippen LogP contribution in [0.1, 0.15) is 29.7 Å². The van der Waals surface area contributed by atoms with Gasteiger partial charge in [0.2, 0.25) is 0 Å². The average molecular weight is 388 g/mol. The molecule has 4 heterocycles. The molecule has 4 N–H and O–H groups in total. The minimum atomic E-state index is -0.240. The van der Waals surface area contributed by atoms with Crippen LogP contribution in [0.4, 0.5) is 11.5 Å². The van der Waals surface area contributed by atoms with Crippen LogP contribution < -0.4 is 10.6 Å². The zero-order chi connectivity index (χ0) is 20.4. The van der Waals surface area contributed by atoms with Gasteiger partial charge < -0.3 is 15.7 Å². The van der Waals surface area contributed by atoms with E-state index in [-0.39, 0.29) is 11.8 Å². The summed E-state index contributed by atoms with van der Waals surface area (Å²) < 4.78 is 0. The van der Waals surface area contributed by atoms with E-state index in [1.165, 1.54) is 0 Å². The van der Waals surface area contributed by atoms with Crippen molar-refractivity contribution in [3.05, 3.63) is 65.7 Å². The van der Waals surface area contributed by atoms with Gasteiger partial charge in [-0.25, -0.2) is 4.98 Å². The Bertz CT molecular complexity index is 1030. The lowest BCUT2D eigenvalue weighted by Crippen LogP contribution is -2.37. The third-order valence-corrected chi connectivity index (χ3v) is 5.25. The highest BCUT2D eigenvalue weighted by molar-refractivity contribution is 6.13. The van der Waals surface area contributed by atoms with Crippen LogP contribution in [0.2, 0.25) is 0 Å². The summed E-state index contributed by atoms with van der Waals surface area (Å²) in [6.07, 6.45) is 6.24. The lowest BCUT2D eigenvalue weighted by molar-refractivity contribution is 0.145. The number of anilines is 2. The Morgan fingerprint density at radius 2 is 2.00 bits per heavy atom. The van der Waals surface area contributed by atoms with Gasteiger partial charge in [0.05, 0.1) is 35.1 Å². The average Bonchev–Trinajstić information content (AvgIpc) is 2.75. The highest BCUT2D eigenvalue weighted by Gasteiger charge is 2.21. The normalized spacial score (nSPS) is 14.8. The number of pyridine rings is 3. The van der Waals surface area contributed by atoms with Gasteiger partial charge in [0, 0.05) is 36.6 Å². The number of aliphatic hydroxyl groups excluding tert-OH is 1. The zero-order valence-corrected chi connectivity index (χ0v) is 16.3. The van der Waals surface area contributed by atoms with Crippen LogP contribution in [-0.4, -0.2) is 45.0 Å². The van der Waals surface area contributed by atoms with Crippen LogP contribution in [0.25, 0.3) is 11.3 Å². The van der Waals surface area contributed by atoms with Crippen LogP contribution in [0.3, 0.4) is 0 Å². The second-order valence-corrected chi connectivity index (χ2v) is 7.33. The largest absolute Gasteiger partial charge is 0.397 e. The molecule has 4 rings (SSSR count). The first-order valence-corrected chi connectivity index (χ1v) is 9.69. The second kappa shape index (κ2) is 7.97. The molecule has 0 atom stereocenters. The van der Waals surface area contributed by atoms with E-state index in [9.17, 15) is 5.11 Å². The van der Waals surface area contributed by atoms with E-state index in [0.717, 1.165) is 42.9 Å². The molecule has 0 spiro atoms. The second-order valence-electron chi connectivity index (χ2n) is 7.33. The molecule has 0 aromatic carbocycles. The van der Waals surface area contributed by atoms with E-state index >= 15 is 0 Å². The standard InChI is InChI=1S/C22H24N6O/c1-14-4-5-19(27-22(14)28-9-6-16(29)7-10-28)21(24)17-11-20(26-13-18(17)23)15-3-2-8-25-12-15/h2-5,8,11-13,16,24,29H,6-7,9-10,23H2,1H3. The molecule has 1 aliphatic rings. The van der Waals surface area contributed by atoms with Gasteiger partial charge in [0.25, 0.3) is 0 Å². The number of hydrogen-bond donors (Lipinski definition) is 3. The fourth-order valence-corrected chi connectivity index (χ4v) is 3.55. The summed E-state index contributed by atoms with van der Waals surface area (Å²) >= 11 is 0. The third-order valence-electron chi connectivity index (χ3n) is 5.25. The number of rotatable bonds is 4. The number of nitrogens with zero attached hydrogens (tertiary/aromatic N) is 4. The van der Waals surface area contributed by atoms with Gasteiger partial charge in [0.15, 0.2) is 0 Å². The summed E-state index contributed by atoms with van der Waals surface area (Å²) in [5.41, 5.74) is 10.6. The number of aryl methyl sites for hydroxylation is 1. The highest BCUT2D eigenvalue weighted by Crippen LogP contribution is 2.26. The van der Waals surface area contributed by atoms with Gasteiger partial charge in [-0.2, -0.15) is 0 Å². The van der Waals surface area contributed by atoms with Gasteiger partial charge in [-0.1, -0.05) is 6.07 Å². The van der Waals surface area contributed by atoms with Crippen molar-refractivity contribution in [2.45, 2.75) is 25.9 Å². The van der Waals surface area contributed by atoms with Gasteiger partial charge in [-0.3, -0.25) is 15.4 Å². The molecule has 0 amide bonds. The monoisotopic (exact) mass is 388 g/mol. The van der Waals surface area contributed by atoms with Crippen molar-refractivity contribution >= 4 is 17.2 Å². The maximum absolute atomic E-state index is 9.78. The van der Waals surface area contributed by atoms with Crippen molar-refractivity contribution in [3.8, 4) is 11.3 Å². The molecule has 1 aliphatic heterocycles. The predicted molar refractivity (Wildman–Crippen MR) is 114 cm³/mol. The Balaban J connectivity index is 1.67. The summed E-state index contributed by atoms with van der Waals surface area (Å²) in [6.45, 7) is 3.53. The van der Waals surface area contributed by atoms with Gasteiger partial charge in [0.1, 0.15) is 5.82 Å². The number of nitrogens with one attached hydrogen (secondary N) is 1. The first-order valence-electron chi connectivity index (χ1n) is 9.69. The summed E-state index contributed by atoms with van der Waals surface area (Å²) in [4.78, 5) is 15.5. The smallest absolute Gasteiger partial charge is 0.132 e. The lowest BCUT2D eigenvalue weighted by atomic mass is 10.0. The fourth-order valence-electron chi connectivity index (χ4n) is 3.55. The van der Waals surface area contributed by atoms with E-state index in [4.69, 9.17) is 16.1 Å². The lowest BCUT2D eigenvalue weighted by Gasteiger charge is -2.31. The summed E-state index contributed by atoms with van der Waals surface area (Å²) in [5, 5.41) is 18.5. The van der Waals surface area contributed by atoms with Crippen LogP contribution in [0.5, 0.6) is 0 Å². The van der Waals surface area contributed by atoms with Crippen molar-refractivity contribution < 1.29 is 5.11 Å². The summed E-state index contributed by atoms with van der Waals surface area (Å²) in [6, 6.07) is 9.42. The van der Waals surface area contributed by atoms with Crippen LogP contribution >= 0.6 is 0 Å². The van der Waals surface area contributed by atoms with Crippen molar-refractivity contribution in [1.82, 2.24) is 15.0 Å². The van der Waals surface area contributed by atoms with Gasteiger partial charge >= 0.3 is 0 Å². The highest BCUT2D eigenvalue weighted by atomic mass is 16.3. The van der Waals surface area contributed by atoms with E-state index in [1.54, 1.807) is 18.6 Å². The number of hydrogen-bond acceptors (Lipinski definition) is 7. The van der Waals surface area contributed by atoms with Gasteiger partial charge in [-0.05, 0) is 49.6 Å². The number of piperidine rings is 1. The number of aromatic nitrogens is 3. The van der Waals surface area contributed by atoms with E-state index in [2.05, 4.69) is 14.9 Å². The maximum Gasteiger partial charge on any atom is 0.132 e. The fraction of sp³-hybridized carbons (Fsp3) is 0.273. The molecular formula is C22H24N6O. The molecule has 1 fully saturated rings. The molecule has 1 saturated heterocycles. The van der Waals surface area contributed by atoms with Gasteiger partial charge in [-0.15, -0.1) is 0 Å². The van der Waals surface area contributed by atoms with E-state index in [0.29, 0.717) is 22.6 Å². The van der Waals surface area contributed by atoms with Crippen molar-refractivity contribution in [2.75, 3.05) is 23.7 Å². The molecule has 7 nitrogen and oxygen atoms in total. The molecule has 0 unspecified atom stereocenters. The third kappa shape index (κ3) is 3.95. The summed E-state index contributed by atoms with van der Waals surface area (Å²) in [5.74, 6) is 0.860. The predicted octanol–water partition coefficient (Wildman–Crippen LogP) is 2.81. The SMILES string of the molecule is Cc1ccc(C(=N)c2cc(-c3cccnc3)ncc2N)nc1N1CCC(O)CC1. The van der Waals surface area contributed by atoms with E-state index in [1.807, 2.05) is 37.3 Å². The Kier molecular flexibility index (Phi) is 5.22. The maximum atomic E-state index is 9.78. The Labute approximate surface area is 169 Å². The van der Waals surface area contributed by atoms with Crippen LogP contribution in [0, 0.1) is 12.3 Å². The number of aliphatic hydroxyl groups is 1. The minimum absolute atomic E-state index is 0.240. The molecule has 3 aromatic rings. The molecule has 0 radical (unpaired) electrons. The Morgan fingerprint density at radius 3 is 2.72 bits per heavy atom. The Morgan fingerprint density at radius 1 is 1.21 bits per heavy atom. The van der Waals surface area contributed by atoms with Crippen LogP contribution in [-0.2, 0) is 0 Å². The molecule has 0 saturated carbocycles. The molecule has 29 heavy (non-hydrogen) atoms. The van der Waals surface area contributed by atoms with E-state index < -0.39 is 0 Å². The molecule has 0 aliphatic carbocycles. The summed E-state index contributed by atoms with van der Waals surface area (Å²) in [7, 11) is 0. The first kappa shape index (κ1) is 19.0. The van der Waals surface area contributed by atoms with Crippen LogP contribution in [0.15, 0.2) is 48.9 Å². The minimum Gasteiger partial charge on any atom is -0.397 e. The van der Waals surface area contributed by atoms with Crippen molar-refractivity contribution in [2.24, 2.45) is 0 Å². The number of nitrogens with two attached hydrogens (primary N) is 1. The number of nitrogen functional groups attached to an aromatic ring is 1. The molecule has 7 heteroatoms. The molecular weight excluding hydrogens is 364 g/mol.